The van der Waals surface area contributed by atoms with Gasteiger partial charge in [-0.05, 0) is 32.7 Å². The van der Waals surface area contributed by atoms with Crippen molar-refractivity contribution in [3.8, 4) is 0 Å². The standard InChI is InChI=1S/C10H16N4O4/c1-10(2,3)18-9(17)14-5-6(12-13-11)4-7(14)8(15)16/h6-7H,4-5H2,1-3H3,(H,15,16). The van der Waals surface area contributed by atoms with Crippen LogP contribution in [0.4, 0.5) is 4.79 Å². The van der Waals surface area contributed by atoms with E-state index in [9.17, 15) is 9.59 Å². The maximum atomic E-state index is 11.8. The molecule has 18 heavy (non-hydrogen) atoms. The quantitative estimate of drug-likeness (QED) is 0.460. The SMILES string of the molecule is CC(C)(C)OC(=O)N1CC(N=[N+]=[N-])CC1C(=O)O. The van der Waals surface area contributed by atoms with Crippen LogP contribution in [-0.4, -0.2) is 46.3 Å². The topological polar surface area (TPSA) is 116 Å². The summed E-state index contributed by atoms with van der Waals surface area (Å²) >= 11 is 0. The fourth-order valence-electron chi connectivity index (χ4n) is 1.73. The number of aliphatic carboxylic acids is 1. The molecule has 0 saturated carbocycles. The van der Waals surface area contributed by atoms with Gasteiger partial charge in [0.15, 0.2) is 0 Å². The highest BCUT2D eigenvalue weighted by atomic mass is 16.6. The highest BCUT2D eigenvalue weighted by Crippen LogP contribution is 2.23. The molecule has 8 nitrogen and oxygen atoms in total. The zero-order valence-electron chi connectivity index (χ0n) is 10.5. The number of carboxylic acids is 1. The molecule has 1 aliphatic rings. The first-order chi connectivity index (χ1) is 8.24. The second-order valence-electron chi connectivity index (χ2n) is 5.08. The number of nitrogens with zero attached hydrogens (tertiary/aromatic N) is 4. The highest BCUT2D eigenvalue weighted by Gasteiger charge is 2.41. The van der Waals surface area contributed by atoms with Crippen LogP contribution in [0.2, 0.25) is 0 Å². The Morgan fingerprint density at radius 1 is 1.50 bits per heavy atom. The number of hydrogen-bond acceptors (Lipinski definition) is 4. The van der Waals surface area contributed by atoms with Gasteiger partial charge in [-0.15, -0.1) is 0 Å². The van der Waals surface area contributed by atoms with E-state index in [4.69, 9.17) is 15.4 Å². The molecule has 1 rings (SSSR count). The molecule has 0 spiro atoms. The molecule has 0 radical (unpaired) electrons. The lowest BCUT2D eigenvalue weighted by Gasteiger charge is -2.26. The number of likely N-dealkylation sites (tertiary alicyclic amines) is 1. The average molecular weight is 256 g/mol. The van der Waals surface area contributed by atoms with Crippen molar-refractivity contribution in [3.05, 3.63) is 10.4 Å². The van der Waals surface area contributed by atoms with Crippen LogP contribution in [0.1, 0.15) is 27.2 Å². The molecular formula is C10H16N4O4. The van der Waals surface area contributed by atoms with Crippen molar-refractivity contribution < 1.29 is 19.4 Å². The predicted molar refractivity (Wildman–Crippen MR) is 61.9 cm³/mol. The third-order valence-electron chi connectivity index (χ3n) is 2.41. The van der Waals surface area contributed by atoms with Crippen LogP contribution in [0, 0.1) is 0 Å². The Bertz CT molecular complexity index is 397. The molecule has 1 N–H and O–H groups in total. The molecule has 1 amide bonds. The smallest absolute Gasteiger partial charge is 0.411 e. The van der Waals surface area contributed by atoms with Crippen molar-refractivity contribution in [2.24, 2.45) is 5.11 Å². The van der Waals surface area contributed by atoms with Gasteiger partial charge in [0, 0.05) is 11.5 Å². The third-order valence-corrected chi connectivity index (χ3v) is 2.41. The molecule has 100 valence electrons. The molecule has 8 heteroatoms. The van der Waals surface area contributed by atoms with E-state index in [0.717, 1.165) is 4.90 Å². The van der Waals surface area contributed by atoms with E-state index in [1.807, 2.05) is 0 Å². The van der Waals surface area contributed by atoms with Gasteiger partial charge in [-0.3, -0.25) is 4.90 Å². The van der Waals surface area contributed by atoms with Crippen molar-refractivity contribution in [1.82, 2.24) is 4.90 Å². The number of carbonyl (C=O) groups excluding carboxylic acids is 1. The molecule has 0 bridgehead atoms. The largest absolute Gasteiger partial charge is 0.480 e. The molecule has 0 aliphatic carbocycles. The fourth-order valence-corrected chi connectivity index (χ4v) is 1.73. The van der Waals surface area contributed by atoms with Gasteiger partial charge >= 0.3 is 12.1 Å². The lowest BCUT2D eigenvalue weighted by atomic mass is 10.2. The number of amides is 1. The number of carbonyl (C=O) groups is 2. The Kier molecular flexibility index (Phi) is 4.03. The first-order valence-corrected chi connectivity index (χ1v) is 5.51. The zero-order chi connectivity index (χ0) is 13.9. The van der Waals surface area contributed by atoms with Crippen LogP contribution in [0.15, 0.2) is 5.11 Å². The summed E-state index contributed by atoms with van der Waals surface area (Å²) in [4.78, 5) is 26.6. The fraction of sp³-hybridized carbons (Fsp3) is 0.800. The number of rotatable bonds is 2. The van der Waals surface area contributed by atoms with Gasteiger partial charge in [0.1, 0.15) is 11.6 Å². The van der Waals surface area contributed by atoms with Crippen molar-refractivity contribution >= 4 is 12.1 Å². The summed E-state index contributed by atoms with van der Waals surface area (Å²) in [5.74, 6) is -1.13. The summed E-state index contributed by atoms with van der Waals surface area (Å²) < 4.78 is 5.12. The molecule has 1 fully saturated rings. The van der Waals surface area contributed by atoms with Crippen LogP contribution < -0.4 is 0 Å². The first-order valence-electron chi connectivity index (χ1n) is 5.51. The normalized spacial score (nSPS) is 23.4. The predicted octanol–water partition coefficient (Wildman–Crippen LogP) is 1.76. The van der Waals surface area contributed by atoms with Crippen molar-refractivity contribution in [1.29, 1.82) is 0 Å². The maximum Gasteiger partial charge on any atom is 0.411 e. The Morgan fingerprint density at radius 3 is 2.56 bits per heavy atom. The lowest BCUT2D eigenvalue weighted by Crippen LogP contribution is -2.43. The first kappa shape index (κ1) is 14.1. The van der Waals surface area contributed by atoms with Crippen LogP contribution in [0.3, 0.4) is 0 Å². The second-order valence-corrected chi connectivity index (χ2v) is 5.08. The molecule has 1 aliphatic heterocycles. The minimum atomic E-state index is -1.13. The van der Waals surface area contributed by atoms with E-state index < -0.39 is 29.7 Å². The molecule has 2 atom stereocenters. The van der Waals surface area contributed by atoms with Crippen LogP contribution in [-0.2, 0) is 9.53 Å². The van der Waals surface area contributed by atoms with Crippen molar-refractivity contribution in [3.63, 3.8) is 0 Å². The number of carboxylic acid groups (broad SMARTS) is 1. The van der Waals surface area contributed by atoms with Gasteiger partial charge in [-0.1, -0.05) is 5.11 Å². The Hall–Kier alpha value is -1.95. The van der Waals surface area contributed by atoms with E-state index in [2.05, 4.69) is 10.0 Å². The van der Waals surface area contributed by atoms with Crippen LogP contribution in [0.5, 0.6) is 0 Å². The summed E-state index contributed by atoms with van der Waals surface area (Å²) in [6.07, 6.45) is -0.593. The van der Waals surface area contributed by atoms with E-state index in [1.165, 1.54) is 0 Å². The van der Waals surface area contributed by atoms with Gasteiger partial charge in [0.05, 0.1) is 6.04 Å². The summed E-state index contributed by atoms with van der Waals surface area (Å²) in [5, 5.41) is 12.5. The summed E-state index contributed by atoms with van der Waals surface area (Å²) in [6, 6.07) is -1.53. The lowest BCUT2D eigenvalue weighted by molar-refractivity contribution is -0.142. The van der Waals surface area contributed by atoms with Gasteiger partial charge in [-0.25, -0.2) is 9.59 Å². The van der Waals surface area contributed by atoms with Gasteiger partial charge in [0.2, 0.25) is 0 Å². The Labute approximate surface area is 104 Å². The van der Waals surface area contributed by atoms with Gasteiger partial charge in [0.25, 0.3) is 0 Å². The summed E-state index contributed by atoms with van der Waals surface area (Å²) in [6.45, 7) is 5.15. The van der Waals surface area contributed by atoms with Gasteiger partial charge < -0.3 is 9.84 Å². The Balaban J connectivity index is 2.81. The maximum absolute atomic E-state index is 11.8. The Morgan fingerprint density at radius 2 is 2.11 bits per heavy atom. The monoisotopic (exact) mass is 256 g/mol. The summed E-state index contributed by atoms with van der Waals surface area (Å²) in [7, 11) is 0. The average Bonchev–Trinajstić information content (AvgIpc) is 2.59. The van der Waals surface area contributed by atoms with E-state index in [1.54, 1.807) is 20.8 Å². The van der Waals surface area contributed by atoms with E-state index >= 15 is 0 Å². The van der Waals surface area contributed by atoms with E-state index in [0.29, 0.717) is 0 Å². The minimum Gasteiger partial charge on any atom is -0.480 e. The van der Waals surface area contributed by atoms with Gasteiger partial charge in [-0.2, -0.15) is 0 Å². The zero-order valence-corrected chi connectivity index (χ0v) is 10.5. The van der Waals surface area contributed by atoms with Crippen LogP contribution >= 0.6 is 0 Å². The van der Waals surface area contributed by atoms with Crippen molar-refractivity contribution in [2.45, 2.75) is 44.9 Å². The second kappa shape index (κ2) is 5.14. The molecule has 0 aromatic heterocycles. The number of azide groups is 1. The molecule has 0 aromatic rings. The summed E-state index contributed by atoms with van der Waals surface area (Å²) in [5.41, 5.74) is 7.64. The number of ether oxygens (including phenoxy) is 1. The molecular weight excluding hydrogens is 240 g/mol. The van der Waals surface area contributed by atoms with Crippen LogP contribution in [0.25, 0.3) is 10.4 Å². The molecule has 0 aromatic carbocycles. The van der Waals surface area contributed by atoms with E-state index in [-0.39, 0.29) is 13.0 Å². The highest BCUT2D eigenvalue weighted by molar-refractivity contribution is 5.81. The molecule has 1 saturated heterocycles. The number of hydrogen-bond donors (Lipinski definition) is 1. The minimum absolute atomic E-state index is 0.0654. The molecule has 1 heterocycles. The molecule has 2 unspecified atom stereocenters. The van der Waals surface area contributed by atoms with Crippen molar-refractivity contribution in [2.75, 3.05) is 6.54 Å². The third kappa shape index (κ3) is 3.53.